The first-order chi connectivity index (χ1) is 9.16. The van der Waals surface area contributed by atoms with E-state index < -0.39 is 0 Å². The van der Waals surface area contributed by atoms with Crippen molar-refractivity contribution in [3.8, 4) is 0 Å². The Morgan fingerprint density at radius 1 is 1.42 bits per heavy atom. The highest BCUT2D eigenvalue weighted by Gasteiger charge is 2.40. The average Bonchev–Trinajstić information content (AvgIpc) is 2.64. The molecule has 1 aromatic carbocycles. The van der Waals surface area contributed by atoms with Gasteiger partial charge in [0.25, 0.3) is 0 Å². The van der Waals surface area contributed by atoms with Crippen LogP contribution in [0.4, 0.5) is 5.69 Å². The van der Waals surface area contributed by atoms with Crippen LogP contribution in [-0.4, -0.2) is 39.3 Å². The fourth-order valence-electron chi connectivity index (χ4n) is 2.88. The number of anilines is 1. The second kappa shape index (κ2) is 4.62. The molecule has 0 radical (unpaired) electrons. The number of nitrogens with one attached hydrogen (secondary N) is 1. The maximum Gasteiger partial charge on any atom is 0.231 e. The predicted octanol–water partition coefficient (Wildman–Crippen LogP) is 1.08. The van der Waals surface area contributed by atoms with Gasteiger partial charge in [0.15, 0.2) is 0 Å². The fraction of sp³-hybridized carbons (Fsp3) is 0.533. The molecule has 1 saturated heterocycles. The highest BCUT2D eigenvalue weighted by Crippen LogP contribution is 2.36. The van der Waals surface area contributed by atoms with Crippen LogP contribution in [0, 0.1) is 0 Å². The van der Waals surface area contributed by atoms with Crippen molar-refractivity contribution in [2.75, 3.05) is 38.3 Å². The Morgan fingerprint density at radius 3 is 2.84 bits per heavy atom. The molecule has 1 fully saturated rings. The molecule has 0 saturated carbocycles. The van der Waals surface area contributed by atoms with E-state index in [2.05, 4.69) is 30.4 Å². The van der Waals surface area contributed by atoms with Gasteiger partial charge in [-0.1, -0.05) is 19.1 Å². The summed E-state index contributed by atoms with van der Waals surface area (Å²) in [5.41, 5.74) is 3.58. The minimum atomic E-state index is 0.0925. The minimum absolute atomic E-state index is 0.0925. The van der Waals surface area contributed by atoms with Gasteiger partial charge in [-0.15, -0.1) is 0 Å². The van der Waals surface area contributed by atoms with Crippen molar-refractivity contribution in [2.45, 2.75) is 18.8 Å². The van der Waals surface area contributed by atoms with Gasteiger partial charge in [-0.25, -0.2) is 0 Å². The smallest absolute Gasteiger partial charge is 0.231 e. The molecule has 0 atom stereocenters. The quantitative estimate of drug-likeness (QED) is 0.881. The molecular weight excluding hydrogens is 240 g/mol. The lowest BCUT2D eigenvalue weighted by molar-refractivity contribution is -0.117. The maximum atomic E-state index is 11.7. The molecule has 19 heavy (non-hydrogen) atoms. The van der Waals surface area contributed by atoms with Crippen molar-refractivity contribution in [1.29, 1.82) is 0 Å². The molecule has 1 aromatic rings. The lowest BCUT2D eigenvalue weighted by Gasteiger charge is -2.42. The van der Waals surface area contributed by atoms with Gasteiger partial charge in [0.2, 0.25) is 5.91 Å². The third-order valence-corrected chi connectivity index (χ3v) is 4.24. The largest absolute Gasteiger partial charge is 0.379 e. The first kappa shape index (κ1) is 12.6. The zero-order valence-corrected chi connectivity index (χ0v) is 11.5. The summed E-state index contributed by atoms with van der Waals surface area (Å²) in [5.74, 6) is 0.178. The van der Waals surface area contributed by atoms with Gasteiger partial charge in [0.05, 0.1) is 25.0 Å². The summed E-state index contributed by atoms with van der Waals surface area (Å²) in [6, 6.07) is 6.41. The second-order valence-electron chi connectivity index (χ2n) is 5.53. The molecule has 0 unspecified atom stereocenters. The number of amides is 1. The van der Waals surface area contributed by atoms with E-state index in [0.717, 1.165) is 37.6 Å². The summed E-state index contributed by atoms with van der Waals surface area (Å²) < 4.78 is 5.43. The van der Waals surface area contributed by atoms with Crippen LogP contribution in [0.2, 0.25) is 0 Å². The van der Waals surface area contributed by atoms with Gasteiger partial charge in [-0.2, -0.15) is 0 Å². The molecule has 4 heteroatoms. The summed E-state index contributed by atoms with van der Waals surface area (Å²) in [6.45, 7) is 5.55. The van der Waals surface area contributed by atoms with Crippen LogP contribution in [0.25, 0.3) is 0 Å². The van der Waals surface area contributed by atoms with Crippen LogP contribution < -0.4 is 10.2 Å². The van der Waals surface area contributed by atoms with Gasteiger partial charge < -0.3 is 15.0 Å². The molecule has 2 heterocycles. The summed E-state index contributed by atoms with van der Waals surface area (Å²) in [4.78, 5) is 13.5. The number of rotatable bonds is 4. The number of carbonyl (C=O) groups is 1. The molecule has 3 rings (SSSR count). The van der Waals surface area contributed by atoms with E-state index in [1.807, 2.05) is 7.05 Å². The Bertz CT molecular complexity index is 509. The number of carbonyl (C=O) groups excluding carboxylic acids is 1. The van der Waals surface area contributed by atoms with Gasteiger partial charge in [-0.05, 0) is 23.7 Å². The topological polar surface area (TPSA) is 41.6 Å². The van der Waals surface area contributed by atoms with Crippen LogP contribution in [0.5, 0.6) is 0 Å². The van der Waals surface area contributed by atoms with Gasteiger partial charge in [0.1, 0.15) is 0 Å². The number of likely N-dealkylation sites (N-methyl/N-ethyl adjacent to an activating group) is 2. The third kappa shape index (κ3) is 1.95. The van der Waals surface area contributed by atoms with E-state index in [9.17, 15) is 4.79 Å². The molecule has 4 nitrogen and oxygen atoms in total. The highest BCUT2D eigenvalue weighted by atomic mass is 16.5. The van der Waals surface area contributed by atoms with E-state index >= 15 is 0 Å². The third-order valence-electron chi connectivity index (χ3n) is 4.24. The molecule has 102 valence electrons. The van der Waals surface area contributed by atoms with Crippen LogP contribution in [0.3, 0.4) is 0 Å². The Balaban J connectivity index is 1.90. The number of fused-ring (bicyclic) bond motifs is 1. The number of hydrogen-bond acceptors (Lipinski definition) is 3. The summed E-state index contributed by atoms with van der Waals surface area (Å²) in [5, 5.41) is 3.42. The second-order valence-corrected chi connectivity index (χ2v) is 5.53. The Hall–Kier alpha value is -1.39. The molecule has 2 aliphatic heterocycles. The van der Waals surface area contributed by atoms with Crippen molar-refractivity contribution < 1.29 is 9.53 Å². The molecule has 0 aromatic heterocycles. The SMILES string of the molecule is CCNCC1(c2ccc3c(c2)CC(=O)N3C)COC1. The zero-order valence-electron chi connectivity index (χ0n) is 11.5. The lowest BCUT2D eigenvalue weighted by Crippen LogP contribution is -2.53. The Kier molecular flexibility index (Phi) is 3.07. The number of hydrogen-bond donors (Lipinski definition) is 1. The molecule has 0 spiro atoms. The van der Waals surface area contributed by atoms with Crippen LogP contribution in [-0.2, 0) is 21.4 Å². The van der Waals surface area contributed by atoms with Crippen molar-refractivity contribution in [3.05, 3.63) is 29.3 Å². The van der Waals surface area contributed by atoms with Gasteiger partial charge in [0, 0.05) is 19.3 Å². The van der Waals surface area contributed by atoms with E-state index in [1.54, 1.807) is 4.90 Å². The normalized spacial score (nSPS) is 20.3. The Labute approximate surface area is 113 Å². The standard InChI is InChI=1S/C15H20N2O2/c1-3-16-8-15(9-19-10-15)12-4-5-13-11(6-12)7-14(18)17(13)2/h4-6,16H,3,7-10H2,1-2H3. The predicted molar refractivity (Wildman–Crippen MR) is 74.6 cm³/mol. The van der Waals surface area contributed by atoms with Crippen molar-refractivity contribution in [2.24, 2.45) is 0 Å². The molecule has 0 aliphatic carbocycles. The first-order valence-corrected chi connectivity index (χ1v) is 6.85. The van der Waals surface area contributed by atoms with Crippen molar-refractivity contribution >= 4 is 11.6 Å². The summed E-state index contributed by atoms with van der Waals surface area (Å²) in [6.07, 6.45) is 0.526. The lowest BCUT2D eigenvalue weighted by atomic mass is 9.78. The molecular formula is C15H20N2O2. The number of ether oxygens (including phenoxy) is 1. The zero-order chi connectivity index (χ0) is 13.5. The summed E-state index contributed by atoms with van der Waals surface area (Å²) >= 11 is 0. The molecule has 2 aliphatic rings. The minimum Gasteiger partial charge on any atom is -0.379 e. The van der Waals surface area contributed by atoms with Crippen molar-refractivity contribution in [3.63, 3.8) is 0 Å². The fourth-order valence-corrected chi connectivity index (χ4v) is 2.88. The van der Waals surface area contributed by atoms with Crippen LogP contribution >= 0.6 is 0 Å². The van der Waals surface area contributed by atoms with Crippen molar-refractivity contribution in [1.82, 2.24) is 5.32 Å². The molecule has 0 bridgehead atoms. The van der Waals surface area contributed by atoms with E-state index in [4.69, 9.17) is 4.74 Å². The summed E-state index contributed by atoms with van der Waals surface area (Å²) in [7, 11) is 1.84. The number of benzene rings is 1. The Morgan fingerprint density at radius 2 is 2.21 bits per heavy atom. The number of nitrogens with zero attached hydrogens (tertiary/aromatic N) is 1. The molecule has 1 amide bonds. The van der Waals surface area contributed by atoms with Crippen LogP contribution in [0.15, 0.2) is 18.2 Å². The monoisotopic (exact) mass is 260 g/mol. The first-order valence-electron chi connectivity index (χ1n) is 6.85. The van der Waals surface area contributed by atoms with Gasteiger partial charge in [-0.3, -0.25) is 4.79 Å². The van der Waals surface area contributed by atoms with E-state index in [1.165, 1.54) is 5.56 Å². The maximum absolute atomic E-state index is 11.7. The van der Waals surface area contributed by atoms with E-state index in [0.29, 0.717) is 6.42 Å². The van der Waals surface area contributed by atoms with E-state index in [-0.39, 0.29) is 11.3 Å². The highest BCUT2D eigenvalue weighted by molar-refractivity contribution is 6.00. The van der Waals surface area contributed by atoms with Gasteiger partial charge >= 0.3 is 0 Å². The average molecular weight is 260 g/mol. The molecule has 1 N–H and O–H groups in total. The van der Waals surface area contributed by atoms with Crippen LogP contribution in [0.1, 0.15) is 18.1 Å².